The van der Waals surface area contributed by atoms with Crippen molar-refractivity contribution in [3.8, 4) is 0 Å². The fourth-order valence-electron chi connectivity index (χ4n) is 2.38. The summed E-state index contributed by atoms with van der Waals surface area (Å²) in [6.07, 6.45) is 4.01. The molecule has 1 fully saturated rings. The van der Waals surface area contributed by atoms with Gasteiger partial charge in [0.05, 0.1) is 0 Å². The molecule has 1 aromatic rings. The van der Waals surface area contributed by atoms with Gasteiger partial charge in [0.15, 0.2) is 0 Å². The Balaban J connectivity index is 1.99. The van der Waals surface area contributed by atoms with Gasteiger partial charge in [-0.05, 0) is 37.7 Å². The van der Waals surface area contributed by atoms with E-state index in [1.165, 1.54) is 30.4 Å². The maximum atomic E-state index is 3.71. The number of hydrogen-bond donors (Lipinski definition) is 1. The molecule has 1 aliphatic carbocycles. The SMILES string of the molecule is Cc1cccc(CC(NC(C)C)C2CC2)c1. The van der Waals surface area contributed by atoms with Crippen molar-refractivity contribution < 1.29 is 0 Å². The van der Waals surface area contributed by atoms with Crippen LogP contribution in [0.25, 0.3) is 0 Å². The average molecular weight is 217 g/mol. The molecule has 0 aliphatic heterocycles. The van der Waals surface area contributed by atoms with Crippen LogP contribution < -0.4 is 5.32 Å². The fourth-order valence-corrected chi connectivity index (χ4v) is 2.38. The second-order valence-corrected chi connectivity index (χ2v) is 5.46. The molecule has 0 heterocycles. The van der Waals surface area contributed by atoms with Gasteiger partial charge in [0.25, 0.3) is 0 Å². The highest BCUT2D eigenvalue weighted by Crippen LogP contribution is 2.34. The van der Waals surface area contributed by atoms with Gasteiger partial charge in [-0.1, -0.05) is 43.7 Å². The summed E-state index contributed by atoms with van der Waals surface area (Å²) < 4.78 is 0. The fraction of sp³-hybridized carbons (Fsp3) is 0.600. The molecule has 1 atom stereocenters. The van der Waals surface area contributed by atoms with E-state index >= 15 is 0 Å². The number of benzene rings is 1. The lowest BCUT2D eigenvalue weighted by Gasteiger charge is -2.21. The monoisotopic (exact) mass is 217 g/mol. The van der Waals surface area contributed by atoms with Crippen molar-refractivity contribution in [1.29, 1.82) is 0 Å². The van der Waals surface area contributed by atoms with Gasteiger partial charge in [0.2, 0.25) is 0 Å². The zero-order valence-corrected chi connectivity index (χ0v) is 10.7. The smallest absolute Gasteiger partial charge is 0.0138 e. The standard InChI is InChI=1S/C15H23N/c1-11(2)16-15(14-7-8-14)10-13-6-4-5-12(3)9-13/h4-6,9,11,14-16H,7-8,10H2,1-3H3. The molecular formula is C15H23N. The van der Waals surface area contributed by atoms with Crippen LogP contribution >= 0.6 is 0 Å². The van der Waals surface area contributed by atoms with E-state index in [-0.39, 0.29) is 0 Å². The van der Waals surface area contributed by atoms with E-state index in [0.717, 1.165) is 5.92 Å². The molecule has 1 heteroatoms. The first-order chi connectivity index (χ1) is 7.65. The predicted molar refractivity (Wildman–Crippen MR) is 69.7 cm³/mol. The molecular weight excluding hydrogens is 194 g/mol. The Hall–Kier alpha value is -0.820. The van der Waals surface area contributed by atoms with E-state index in [9.17, 15) is 0 Å². The summed E-state index contributed by atoms with van der Waals surface area (Å²) in [5.41, 5.74) is 2.85. The van der Waals surface area contributed by atoms with Crippen molar-refractivity contribution in [2.24, 2.45) is 5.92 Å². The van der Waals surface area contributed by atoms with Crippen LogP contribution in [0.4, 0.5) is 0 Å². The van der Waals surface area contributed by atoms with Gasteiger partial charge in [0, 0.05) is 12.1 Å². The van der Waals surface area contributed by atoms with E-state index in [1.807, 2.05) is 0 Å². The maximum absolute atomic E-state index is 3.71. The molecule has 0 saturated heterocycles. The molecule has 88 valence electrons. The minimum Gasteiger partial charge on any atom is -0.311 e. The summed E-state index contributed by atoms with van der Waals surface area (Å²) in [7, 11) is 0. The second kappa shape index (κ2) is 5.01. The molecule has 1 aromatic carbocycles. The molecule has 2 rings (SSSR count). The Morgan fingerprint density at radius 3 is 2.62 bits per heavy atom. The van der Waals surface area contributed by atoms with Crippen molar-refractivity contribution in [1.82, 2.24) is 5.32 Å². The van der Waals surface area contributed by atoms with Gasteiger partial charge in [-0.15, -0.1) is 0 Å². The topological polar surface area (TPSA) is 12.0 Å². The Morgan fingerprint density at radius 2 is 2.06 bits per heavy atom. The first-order valence-corrected chi connectivity index (χ1v) is 6.47. The van der Waals surface area contributed by atoms with Gasteiger partial charge in [-0.25, -0.2) is 0 Å². The van der Waals surface area contributed by atoms with Gasteiger partial charge in [0.1, 0.15) is 0 Å². The third-order valence-corrected chi connectivity index (χ3v) is 3.28. The van der Waals surface area contributed by atoms with Crippen molar-refractivity contribution in [2.75, 3.05) is 0 Å². The van der Waals surface area contributed by atoms with Crippen molar-refractivity contribution in [3.05, 3.63) is 35.4 Å². The highest BCUT2D eigenvalue weighted by molar-refractivity contribution is 5.23. The van der Waals surface area contributed by atoms with E-state index in [4.69, 9.17) is 0 Å². The van der Waals surface area contributed by atoms with Gasteiger partial charge >= 0.3 is 0 Å². The van der Waals surface area contributed by atoms with Gasteiger partial charge in [-0.3, -0.25) is 0 Å². The van der Waals surface area contributed by atoms with Crippen LogP contribution in [-0.4, -0.2) is 12.1 Å². The number of rotatable bonds is 5. The number of hydrogen-bond acceptors (Lipinski definition) is 1. The van der Waals surface area contributed by atoms with Crippen LogP contribution in [0.2, 0.25) is 0 Å². The van der Waals surface area contributed by atoms with Crippen LogP contribution in [-0.2, 0) is 6.42 Å². The third kappa shape index (κ3) is 3.34. The van der Waals surface area contributed by atoms with Crippen LogP contribution in [0.1, 0.15) is 37.8 Å². The summed E-state index contributed by atoms with van der Waals surface area (Å²) >= 11 is 0. The van der Waals surface area contributed by atoms with E-state index in [2.05, 4.69) is 50.4 Å². The number of nitrogens with one attached hydrogen (secondary N) is 1. The molecule has 1 N–H and O–H groups in total. The lowest BCUT2D eigenvalue weighted by molar-refractivity contribution is 0.420. The highest BCUT2D eigenvalue weighted by Gasteiger charge is 2.31. The second-order valence-electron chi connectivity index (χ2n) is 5.46. The summed E-state index contributed by atoms with van der Waals surface area (Å²) in [5.74, 6) is 0.919. The minimum absolute atomic E-state index is 0.593. The van der Waals surface area contributed by atoms with Crippen LogP contribution in [0.3, 0.4) is 0 Å². The van der Waals surface area contributed by atoms with E-state index in [1.54, 1.807) is 0 Å². The number of aryl methyl sites for hydroxylation is 1. The average Bonchev–Trinajstić information content (AvgIpc) is 2.99. The quantitative estimate of drug-likeness (QED) is 0.798. The van der Waals surface area contributed by atoms with Gasteiger partial charge in [-0.2, -0.15) is 0 Å². The zero-order chi connectivity index (χ0) is 11.5. The Kier molecular flexibility index (Phi) is 3.65. The first kappa shape index (κ1) is 11.7. The maximum Gasteiger partial charge on any atom is 0.0138 e. The Morgan fingerprint density at radius 1 is 1.31 bits per heavy atom. The van der Waals surface area contributed by atoms with Crippen LogP contribution in [0.5, 0.6) is 0 Å². The van der Waals surface area contributed by atoms with Crippen molar-refractivity contribution in [3.63, 3.8) is 0 Å². The molecule has 0 bridgehead atoms. The molecule has 0 spiro atoms. The van der Waals surface area contributed by atoms with Crippen LogP contribution in [0, 0.1) is 12.8 Å². The summed E-state index contributed by atoms with van der Waals surface area (Å²) in [6, 6.07) is 10.2. The Bertz CT molecular complexity index is 339. The summed E-state index contributed by atoms with van der Waals surface area (Å²) in [5, 5.41) is 3.71. The van der Waals surface area contributed by atoms with Crippen molar-refractivity contribution in [2.45, 2.75) is 52.1 Å². The van der Waals surface area contributed by atoms with Crippen molar-refractivity contribution >= 4 is 0 Å². The highest BCUT2D eigenvalue weighted by atomic mass is 15.0. The van der Waals surface area contributed by atoms with Crippen LogP contribution in [0.15, 0.2) is 24.3 Å². The molecule has 0 aromatic heterocycles. The molecule has 0 amide bonds. The van der Waals surface area contributed by atoms with E-state index < -0.39 is 0 Å². The molecule has 1 aliphatic rings. The summed E-state index contributed by atoms with van der Waals surface area (Å²) in [4.78, 5) is 0. The molecule has 1 saturated carbocycles. The van der Waals surface area contributed by atoms with E-state index in [0.29, 0.717) is 12.1 Å². The van der Waals surface area contributed by atoms with Gasteiger partial charge < -0.3 is 5.32 Å². The molecule has 0 radical (unpaired) electrons. The molecule has 1 unspecified atom stereocenters. The lowest BCUT2D eigenvalue weighted by atomic mass is 10.00. The third-order valence-electron chi connectivity index (χ3n) is 3.28. The molecule has 16 heavy (non-hydrogen) atoms. The normalized spacial score (nSPS) is 17.8. The lowest BCUT2D eigenvalue weighted by Crippen LogP contribution is -2.38. The zero-order valence-electron chi connectivity index (χ0n) is 10.7. The minimum atomic E-state index is 0.593. The predicted octanol–water partition coefficient (Wildman–Crippen LogP) is 3.31. The first-order valence-electron chi connectivity index (χ1n) is 6.47. The molecule has 1 nitrogen and oxygen atoms in total. The Labute approximate surface area is 99.3 Å². The summed E-state index contributed by atoms with van der Waals surface area (Å²) in [6.45, 7) is 6.66. The largest absolute Gasteiger partial charge is 0.311 e.